The van der Waals surface area contributed by atoms with E-state index < -0.39 is 0 Å². The smallest absolute Gasteiger partial charge is 0.136 e. The van der Waals surface area contributed by atoms with Crippen molar-refractivity contribution in [3.05, 3.63) is 22.6 Å². The largest absolute Gasteiger partial charge is 0.466 e. The molecule has 1 aliphatic rings. The fourth-order valence-electron chi connectivity index (χ4n) is 2.72. The lowest BCUT2D eigenvalue weighted by Crippen LogP contribution is -2.34. The summed E-state index contributed by atoms with van der Waals surface area (Å²) in [5, 5.41) is 0. The molecule has 3 nitrogen and oxygen atoms in total. The fourth-order valence-corrected chi connectivity index (χ4v) is 3.19. The molecule has 0 bridgehead atoms. The molecular formula is C14H23BrN2O. The van der Waals surface area contributed by atoms with Gasteiger partial charge < -0.3 is 10.2 Å². The maximum absolute atomic E-state index is 5.96. The highest BCUT2D eigenvalue weighted by molar-refractivity contribution is 9.10. The van der Waals surface area contributed by atoms with Crippen LogP contribution in [0.5, 0.6) is 0 Å². The predicted octanol–water partition coefficient (Wildman–Crippen LogP) is 3.55. The Labute approximate surface area is 118 Å². The van der Waals surface area contributed by atoms with Crippen molar-refractivity contribution in [3.8, 4) is 0 Å². The molecular weight excluding hydrogens is 292 g/mol. The van der Waals surface area contributed by atoms with Gasteiger partial charge in [0.25, 0.3) is 0 Å². The Morgan fingerprint density at radius 2 is 2.22 bits per heavy atom. The Kier molecular flexibility index (Phi) is 4.51. The van der Waals surface area contributed by atoms with E-state index in [-0.39, 0.29) is 6.04 Å². The normalized spacial score (nSPS) is 22.7. The van der Waals surface area contributed by atoms with Crippen molar-refractivity contribution in [2.24, 2.45) is 11.1 Å². The molecule has 1 atom stereocenters. The van der Waals surface area contributed by atoms with Crippen LogP contribution in [0.2, 0.25) is 0 Å². The lowest BCUT2D eigenvalue weighted by Gasteiger charge is -2.29. The minimum atomic E-state index is 0.197. The second-order valence-corrected chi connectivity index (χ2v) is 6.79. The van der Waals surface area contributed by atoms with Gasteiger partial charge in [-0.3, -0.25) is 4.90 Å². The predicted molar refractivity (Wildman–Crippen MR) is 77.4 cm³/mol. The molecule has 4 heteroatoms. The summed E-state index contributed by atoms with van der Waals surface area (Å²) in [7, 11) is 0. The minimum absolute atomic E-state index is 0.197. The number of furan rings is 1. The summed E-state index contributed by atoms with van der Waals surface area (Å²) in [6, 6.07) is 2.14. The van der Waals surface area contributed by atoms with Crippen LogP contribution in [-0.2, 0) is 0 Å². The highest BCUT2D eigenvalue weighted by Crippen LogP contribution is 2.34. The Bertz CT molecular complexity index is 389. The van der Waals surface area contributed by atoms with E-state index in [1.807, 2.05) is 6.07 Å². The number of hydrogen-bond donors (Lipinski definition) is 1. The van der Waals surface area contributed by atoms with Crippen LogP contribution in [0.4, 0.5) is 0 Å². The van der Waals surface area contributed by atoms with E-state index in [0.29, 0.717) is 12.0 Å². The van der Waals surface area contributed by atoms with Gasteiger partial charge in [-0.05, 0) is 59.8 Å². The molecule has 1 fully saturated rings. The standard InChI is InChI=1S/C14H23BrN2O/c1-14(2)5-3-7-17(8-6-14)12(10-16)13-11(15)4-9-18-13/h4,9,12H,3,5-8,10,16H2,1-2H3. The zero-order valence-electron chi connectivity index (χ0n) is 11.3. The summed E-state index contributed by atoms with van der Waals surface area (Å²) < 4.78 is 6.62. The van der Waals surface area contributed by atoms with E-state index in [4.69, 9.17) is 10.2 Å². The van der Waals surface area contributed by atoms with Gasteiger partial charge in [0, 0.05) is 6.54 Å². The third-order valence-corrected chi connectivity index (χ3v) is 4.64. The Morgan fingerprint density at radius 3 is 2.83 bits per heavy atom. The van der Waals surface area contributed by atoms with Crippen LogP contribution in [0.1, 0.15) is 44.9 Å². The molecule has 0 amide bonds. The second-order valence-electron chi connectivity index (χ2n) is 5.94. The van der Waals surface area contributed by atoms with Crippen molar-refractivity contribution >= 4 is 15.9 Å². The average Bonchev–Trinajstić information content (AvgIpc) is 2.64. The molecule has 0 radical (unpaired) electrons. The van der Waals surface area contributed by atoms with Gasteiger partial charge in [-0.1, -0.05) is 13.8 Å². The summed E-state index contributed by atoms with van der Waals surface area (Å²) in [6.07, 6.45) is 5.48. The lowest BCUT2D eigenvalue weighted by molar-refractivity contribution is 0.178. The quantitative estimate of drug-likeness (QED) is 0.927. The molecule has 2 N–H and O–H groups in total. The third kappa shape index (κ3) is 3.16. The van der Waals surface area contributed by atoms with E-state index in [2.05, 4.69) is 34.7 Å². The van der Waals surface area contributed by atoms with Crippen LogP contribution in [0.25, 0.3) is 0 Å². The highest BCUT2D eigenvalue weighted by atomic mass is 79.9. The molecule has 1 aliphatic heterocycles. The molecule has 2 heterocycles. The van der Waals surface area contributed by atoms with Crippen LogP contribution in [0.3, 0.4) is 0 Å². The van der Waals surface area contributed by atoms with Crippen molar-refractivity contribution in [2.45, 2.75) is 39.2 Å². The third-order valence-electron chi connectivity index (χ3n) is 3.99. The SMILES string of the molecule is CC1(C)CCCN(C(CN)c2occc2Br)CC1. The fraction of sp³-hybridized carbons (Fsp3) is 0.714. The van der Waals surface area contributed by atoms with Gasteiger partial charge in [0.2, 0.25) is 0 Å². The van der Waals surface area contributed by atoms with E-state index >= 15 is 0 Å². The van der Waals surface area contributed by atoms with Crippen molar-refractivity contribution in [3.63, 3.8) is 0 Å². The van der Waals surface area contributed by atoms with Crippen LogP contribution in [-0.4, -0.2) is 24.5 Å². The van der Waals surface area contributed by atoms with Crippen molar-refractivity contribution < 1.29 is 4.42 Å². The van der Waals surface area contributed by atoms with Gasteiger partial charge in [-0.2, -0.15) is 0 Å². The molecule has 0 spiro atoms. The Balaban J connectivity index is 2.11. The summed E-state index contributed by atoms with van der Waals surface area (Å²) in [4.78, 5) is 2.47. The first-order valence-corrected chi connectivity index (χ1v) is 7.50. The van der Waals surface area contributed by atoms with E-state index in [1.54, 1.807) is 6.26 Å². The Hall–Kier alpha value is -0.320. The molecule has 1 unspecified atom stereocenters. The van der Waals surface area contributed by atoms with Gasteiger partial charge in [0.1, 0.15) is 5.76 Å². The van der Waals surface area contributed by atoms with Crippen LogP contribution >= 0.6 is 15.9 Å². The number of rotatable bonds is 3. The monoisotopic (exact) mass is 314 g/mol. The Morgan fingerprint density at radius 1 is 1.44 bits per heavy atom. The average molecular weight is 315 g/mol. The zero-order chi connectivity index (χ0) is 13.2. The van der Waals surface area contributed by atoms with E-state index in [1.165, 1.54) is 19.3 Å². The van der Waals surface area contributed by atoms with E-state index in [0.717, 1.165) is 23.3 Å². The van der Waals surface area contributed by atoms with Gasteiger partial charge in [-0.15, -0.1) is 0 Å². The van der Waals surface area contributed by atoms with E-state index in [9.17, 15) is 0 Å². The maximum atomic E-state index is 5.96. The topological polar surface area (TPSA) is 42.4 Å². The molecule has 1 aromatic rings. The first-order valence-electron chi connectivity index (χ1n) is 6.70. The molecule has 1 saturated heterocycles. The zero-order valence-corrected chi connectivity index (χ0v) is 12.9. The number of nitrogens with zero attached hydrogens (tertiary/aromatic N) is 1. The molecule has 0 saturated carbocycles. The molecule has 2 rings (SSSR count). The second kappa shape index (κ2) is 5.76. The van der Waals surface area contributed by atoms with Gasteiger partial charge in [0.05, 0.1) is 16.8 Å². The van der Waals surface area contributed by atoms with Crippen molar-refractivity contribution in [1.82, 2.24) is 4.90 Å². The molecule has 0 aromatic carbocycles. The molecule has 1 aromatic heterocycles. The van der Waals surface area contributed by atoms with Gasteiger partial charge in [-0.25, -0.2) is 0 Å². The van der Waals surface area contributed by atoms with Crippen molar-refractivity contribution in [1.29, 1.82) is 0 Å². The first-order chi connectivity index (χ1) is 8.53. The molecule has 102 valence electrons. The lowest BCUT2D eigenvalue weighted by atomic mass is 9.85. The molecule has 18 heavy (non-hydrogen) atoms. The summed E-state index contributed by atoms with van der Waals surface area (Å²) >= 11 is 3.54. The summed E-state index contributed by atoms with van der Waals surface area (Å²) in [6.45, 7) is 7.53. The minimum Gasteiger partial charge on any atom is -0.466 e. The summed E-state index contributed by atoms with van der Waals surface area (Å²) in [5.74, 6) is 0.970. The molecule has 0 aliphatic carbocycles. The van der Waals surface area contributed by atoms with Crippen molar-refractivity contribution in [2.75, 3.05) is 19.6 Å². The number of hydrogen-bond acceptors (Lipinski definition) is 3. The van der Waals surface area contributed by atoms with Crippen LogP contribution < -0.4 is 5.73 Å². The number of halogens is 1. The van der Waals surface area contributed by atoms with Crippen LogP contribution in [0.15, 0.2) is 21.2 Å². The highest BCUT2D eigenvalue weighted by Gasteiger charge is 2.29. The van der Waals surface area contributed by atoms with Gasteiger partial charge in [0.15, 0.2) is 0 Å². The first kappa shape index (κ1) is 14.1. The maximum Gasteiger partial charge on any atom is 0.136 e. The van der Waals surface area contributed by atoms with Crippen LogP contribution in [0, 0.1) is 5.41 Å². The number of nitrogens with two attached hydrogens (primary N) is 1. The number of likely N-dealkylation sites (tertiary alicyclic amines) is 1. The van der Waals surface area contributed by atoms with Gasteiger partial charge >= 0.3 is 0 Å². The summed E-state index contributed by atoms with van der Waals surface area (Å²) in [5.41, 5.74) is 6.41.